The van der Waals surface area contributed by atoms with Crippen LogP contribution in [0.3, 0.4) is 0 Å². The van der Waals surface area contributed by atoms with E-state index >= 15 is 0 Å². The Labute approximate surface area is 203 Å². The lowest BCUT2D eigenvalue weighted by molar-refractivity contribution is -0.136. The number of nitrogens with zero attached hydrogens (tertiary/aromatic N) is 1. The molecule has 1 aromatic heterocycles. The summed E-state index contributed by atoms with van der Waals surface area (Å²) in [6.07, 6.45) is 12.6. The maximum atomic E-state index is 11.0. The fraction of sp³-hybridized carbons (Fsp3) is 0.500. The van der Waals surface area contributed by atoms with Crippen molar-refractivity contribution in [3.05, 3.63) is 65.0 Å². The molecule has 2 aromatic rings. The minimum atomic E-state index is -0.906. The zero-order valence-corrected chi connectivity index (χ0v) is 20.3. The minimum Gasteiger partial charge on any atom is -0.491 e. The number of aliphatic carboxylic acids is 1. The Balaban J connectivity index is 1.93. The molecular formula is C28H39NO5. The number of benzene rings is 1. The number of aromatic nitrogens is 1. The zero-order valence-electron chi connectivity index (χ0n) is 20.3. The third-order valence-corrected chi connectivity index (χ3v) is 5.67. The molecule has 1 heterocycles. The second-order valence-electron chi connectivity index (χ2n) is 8.63. The molecule has 6 heteroatoms. The lowest BCUT2D eigenvalue weighted by Gasteiger charge is -2.14. The van der Waals surface area contributed by atoms with Crippen molar-refractivity contribution >= 4 is 12.0 Å². The smallest absolute Gasteiger partial charge is 0.307 e. The van der Waals surface area contributed by atoms with E-state index in [4.69, 9.17) is 9.84 Å². The molecule has 0 bridgehead atoms. The molecule has 3 N–H and O–H groups in total. The molecule has 0 fully saturated rings. The van der Waals surface area contributed by atoms with Crippen molar-refractivity contribution in [2.75, 3.05) is 13.2 Å². The van der Waals surface area contributed by atoms with Gasteiger partial charge in [0.25, 0.3) is 0 Å². The molecule has 0 aliphatic heterocycles. The summed E-state index contributed by atoms with van der Waals surface area (Å²) in [5, 5.41) is 28.9. The molecule has 2 rings (SSSR count). The van der Waals surface area contributed by atoms with Gasteiger partial charge in [0.1, 0.15) is 11.4 Å². The summed E-state index contributed by atoms with van der Waals surface area (Å²) in [5.41, 5.74) is 2.61. The Hall–Kier alpha value is -2.70. The van der Waals surface area contributed by atoms with Gasteiger partial charge >= 0.3 is 5.97 Å². The highest BCUT2D eigenvalue weighted by atomic mass is 16.5. The number of hydrogen-bond donors (Lipinski definition) is 3. The monoisotopic (exact) mass is 469 g/mol. The molecule has 1 aromatic carbocycles. The van der Waals surface area contributed by atoms with Crippen LogP contribution in [0, 0.1) is 0 Å². The van der Waals surface area contributed by atoms with E-state index < -0.39 is 12.1 Å². The average Bonchev–Trinajstić information content (AvgIpc) is 2.82. The molecule has 34 heavy (non-hydrogen) atoms. The summed E-state index contributed by atoms with van der Waals surface area (Å²) >= 11 is 0. The van der Waals surface area contributed by atoms with Gasteiger partial charge < -0.3 is 20.1 Å². The van der Waals surface area contributed by atoms with Crippen molar-refractivity contribution in [2.45, 2.75) is 77.2 Å². The van der Waals surface area contributed by atoms with Crippen LogP contribution in [0.2, 0.25) is 0 Å². The highest BCUT2D eigenvalue weighted by Crippen LogP contribution is 2.24. The molecule has 0 saturated carbocycles. The summed E-state index contributed by atoms with van der Waals surface area (Å²) in [6.45, 7) is 2.75. The molecule has 0 amide bonds. The van der Waals surface area contributed by atoms with Crippen LogP contribution in [0.15, 0.2) is 42.5 Å². The van der Waals surface area contributed by atoms with E-state index in [-0.39, 0.29) is 19.4 Å². The molecule has 6 nitrogen and oxygen atoms in total. The topological polar surface area (TPSA) is 99.9 Å². The third-order valence-electron chi connectivity index (χ3n) is 5.67. The van der Waals surface area contributed by atoms with Gasteiger partial charge in [0.15, 0.2) is 0 Å². The first-order chi connectivity index (χ1) is 16.5. The second kappa shape index (κ2) is 16.0. The van der Waals surface area contributed by atoms with Crippen LogP contribution in [0.5, 0.6) is 5.75 Å². The molecule has 0 saturated heterocycles. The van der Waals surface area contributed by atoms with E-state index in [1.165, 1.54) is 38.5 Å². The highest BCUT2D eigenvalue weighted by molar-refractivity contribution is 5.70. The van der Waals surface area contributed by atoms with Crippen LogP contribution in [-0.4, -0.2) is 39.5 Å². The Morgan fingerprint density at radius 3 is 2.50 bits per heavy atom. The van der Waals surface area contributed by atoms with Crippen LogP contribution in [0.25, 0.3) is 6.08 Å². The fourth-order valence-electron chi connectivity index (χ4n) is 3.84. The molecule has 1 atom stereocenters. The van der Waals surface area contributed by atoms with Gasteiger partial charge in [0.05, 0.1) is 25.7 Å². The van der Waals surface area contributed by atoms with Gasteiger partial charge in [-0.05, 0) is 35.8 Å². The molecule has 1 unspecified atom stereocenters. The highest BCUT2D eigenvalue weighted by Gasteiger charge is 2.13. The van der Waals surface area contributed by atoms with E-state index in [9.17, 15) is 15.0 Å². The third kappa shape index (κ3) is 10.5. The largest absolute Gasteiger partial charge is 0.491 e. The summed E-state index contributed by atoms with van der Waals surface area (Å²) < 4.78 is 5.96. The number of pyridine rings is 1. The summed E-state index contributed by atoms with van der Waals surface area (Å²) in [5.74, 6) is -0.245. The van der Waals surface area contributed by atoms with Crippen LogP contribution < -0.4 is 4.74 Å². The van der Waals surface area contributed by atoms with Crippen LogP contribution >= 0.6 is 0 Å². The normalized spacial score (nSPS) is 12.2. The lowest BCUT2D eigenvalue weighted by Crippen LogP contribution is -2.07. The average molecular weight is 470 g/mol. The van der Waals surface area contributed by atoms with Gasteiger partial charge in [0, 0.05) is 12.1 Å². The first-order valence-corrected chi connectivity index (χ1v) is 12.4. The van der Waals surface area contributed by atoms with Gasteiger partial charge in [-0.15, -0.1) is 0 Å². The quantitative estimate of drug-likeness (QED) is 0.264. The molecule has 0 aliphatic rings. The van der Waals surface area contributed by atoms with Gasteiger partial charge in [-0.25, -0.2) is 4.98 Å². The van der Waals surface area contributed by atoms with Crippen LogP contribution in [-0.2, 0) is 17.6 Å². The fourth-order valence-corrected chi connectivity index (χ4v) is 3.84. The molecule has 0 aliphatic carbocycles. The lowest BCUT2D eigenvalue weighted by atomic mass is 10.0. The van der Waals surface area contributed by atoms with Crippen molar-refractivity contribution in [3.8, 4) is 5.75 Å². The van der Waals surface area contributed by atoms with Crippen molar-refractivity contribution in [2.24, 2.45) is 0 Å². The first-order valence-electron chi connectivity index (χ1n) is 12.4. The number of aliphatic hydroxyl groups is 2. The summed E-state index contributed by atoms with van der Waals surface area (Å²) in [7, 11) is 0. The van der Waals surface area contributed by atoms with Gasteiger partial charge in [-0.3, -0.25) is 4.79 Å². The Morgan fingerprint density at radius 1 is 1.06 bits per heavy atom. The first kappa shape index (κ1) is 27.5. The number of ether oxygens (including phenoxy) is 1. The Bertz CT molecular complexity index is 896. The maximum Gasteiger partial charge on any atom is 0.307 e. The Kier molecular flexibility index (Phi) is 13.0. The van der Waals surface area contributed by atoms with E-state index in [1.54, 1.807) is 36.4 Å². The zero-order chi connectivity index (χ0) is 24.6. The van der Waals surface area contributed by atoms with Gasteiger partial charge in [-0.2, -0.15) is 0 Å². The number of carboxylic acids is 1. The van der Waals surface area contributed by atoms with Crippen molar-refractivity contribution < 1.29 is 24.9 Å². The molecular weight excluding hydrogens is 430 g/mol. The SMILES string of the molecule is CCCCCCCCCCOc1ccc(CC(O)c2cccc(CC(=O)O)c2)nc1/C=C/CO. The van der Waals surface area contributed by atoms with Gasteiger partial charge in [-0.1, -0.05) is 82.2 Å². The maximum absolute atomic E-state index is 11.0. The molecule has 0 radical (unpaired) electrons. The van der Waals surface area contributed by atoms with Gasteiger partial charge in [0.2, 0.25) is 0 Å². The van der Waals surface area contributed by atoms with Crippen LogP contribution in [0.1, 0.15) is 86.9 Å². The number of rotatable bonds is 17. The van der Waals surface area contributed by atoms with Crippen molar-refractivity contribution in [1.29, 1.82) is 0 Å². The number of carbonyl (C=O) groups is 1. The second-order valence-corrected chi connectivity index (χ2v) is 8.63. The standard InChI is InChI=1S/C28H39NO5/c1-2-3-4-5-6-7-8-9-18-34-27-16-15-24(29-25(27)14-11-17-30)21-26(31)23-13-10-12-22(19-23)20-28(32)33/h10-16,19,26,30-31H,2-9,17-18,20-21H2,1H3,(H,32,33)/b14-11+. The molecule has 186 valence electrons. The van der Waals surface area contributed by atoms with Crippen LogP contribution in [0.4, 0.5) is 0 Å². The number of unbranched alkanes of at least 4 members (excludes halogenated alkanes) is 7. The van der Waals surface area contributed by atoms with E-state index in [0.717, 1.165) is 12.8 Å². The number of aliphatic hydroxyl groups excluding tert-OH is 2. The van der Waals surface area contributed by atoms with E-state index in [0.29, 0.717) is 34.9 Å². The summed E-state index contributed by atoms with van der Waals surface area (Å²) in [6, 6.07) is 10.7. The number of hydrogen-bond acceptors (Lipinski definition) is 5. The Morgan fingerprint density at radius 2 is 1.79 bits per heavy atom. The summed E-state index contributed by atoms with van der Waals surface area (Å²) in [4.78, 5) is 15.6. The van der Waals surface area contributed by atoms with Crippen molar-refractivity contribution in [1.82, 2.24) is 4.98 Å². The number of carboxylic acid groups (broad SMARTS) is 1. The predicted octanol–water partition coefficient (Wildman–Crippen LogP) is 5.51. The molecule has 0 spiro atoms. The predicted molar refractivity (Wildman–Crippen MR) is 135 cm³/mol. The van der Waals surface area contributed by atoms with E-state index in [2.05, 4.69) is 11.9 Å². The minimum absolute atomic E-state index is 0.0835. The van der Waals surface area contributed by atoms with Crippen molar-refractivity contribution in [3.63, 3.8) is 0 Å². The van der Waals surface area contributed by atoms with E-state index in [1.807, 2.05) is 12.1 Å².